The first-order valence-electron chi connectivity index (χ1n) is 11.8. The summed E-state index contributed by atoms with van der Waals surface area (Å²) in [5.74, 6) is -0.546. The molecule has 5 heteroatoms. The topological polar surface area (TPSA) is 70.0 Å². The van der Waals surface area contributed by atoms with E-state index in [-0.39, 0.29) is 11.6 Å². The zero-order valence-electron chi connectivity index (χ0n) is 18.3. The van der Waals surface area contributed by atoms with Gasteiger partial charge in [-0.1, -0.05) is 133 Å². The van der Waals surface area contributed by atoms with Gasteiger partial charge in [-0.25, -0.2) is 4.79 Å². The first-order valence-corrected chi connectivity index (χ1v) is 11.8. The first kappa shape index (κ1) is 26.8. The molecule has 28 heavy (non-hydrogen) atoms. The Kier molecular flexibility index (Phi) is 21.2. The molecule has 164 valence electrons. The minimum atomic E-state index is -0.546. The van der Waals surface area contributed by atoms with E-state index in [1.165, 1.54) is 103 Å². The van der Waals surface area contributed by atoms with Crippen LogP contribution >= 0.6 is 0 Å². The number of carbonyl (C=O) groups is 1. The maximum atomic E-state index is 11.3. The fraction of sp³-hybridized carbons (Fsp3) is 0.913. The number of isocyanates is 1. The van der Waals surface area contributed by atoms with E-state index in [1.807, 2.05) is 0 Å². The van der Waals surface area contributed by atoms with Gasteiger partial charge in [0.25, 0.3) is 12.0 Å². The minimum Gasteiger partial charge on any atom is -0.270 e. The summed E-state index contributed by atoms with van der Waals surface area (Å²) in [4.78, 5) is 21.2. The molecule has 0 bridgehead atoms. The molecule has 0 atom stereocenters. The van der Waals surface area contributed by atoms with Crippen LogP contribution in [0.15, 0.2) is 5.10 Å². The Morgan fingerprint density at radius 2 is 1.00 bits per heavy atom. The van der Waals surface area contributed by atoms with Crippen LogP contribution in [0.25, 0.3) is 0 Å². The van der Waals surface area contributed by atoms with Crippen LogP contribution in [0.5, 0.6) is 0 Å². The van der Waals surface area contributed by atoms with Crippen molar-refractivity contribution in [2.24, 2.45) is 5.10 Å². The van der Waals surface area contributed by atoms with E-state index >= 15 is 0 Å². The normalized spacial score (nSPS) is 10.6. The van der Waals surface area contributed by atoms with Gasteiger partial charge in [0.15, 0.2) is 0 Å². The molecule has 0 saturated heterocycles. The lowest BCUT2D eigenvalue weighted by molar-refractivity contribution is -0.165. The number of hydrogen-bond acceptors (Lipinski definition) is 4. The number of carbonyl (C=O) groups excluding carboxylic acids is 2. The summed E-state index contributed by atoms with van der Waals surface area (Å²) >= 11 is 0. The lowest BCUT2D eigenvalue weighted by Gasteiger charge is -2.06. The third kappa shape index (κ3) is 19.6. The standard InChI is InChI=1S/C23H44N2O3/c1-2-3-4-5-6-7-8-9-10-11-12-13-14-15-16-17-18-19-20-21-23(27)25(28)24-22-26/h28H,2-21H2,1H3. The largest absolute Gasteiger partial charge is 0.270 e. The average Bonchev–Trinajstić information content (AvgIpc) is 2.69. The van der Waals surface area contributed by atoms with Crippen LogP contribution in [0, 0.1) is 0 Å². The summed E-state index contributed by atoms with van der Waals surface area (Å²) in [5.41, 5.74) is 0. The number of nitrogens with zero attached hydrogens (tertiary/aromatic N) is 2. The zero-order chi connectivity index (χ0) is 20.7. The number of hydrogen-bond donors (Lipinski definition) is 1. The quantitative estimate of drug-likeness (QED) is 0.0728. The van der Waals surface area contributed by atoms with E-state index < -0.39 is 5.91 Å². The van der Waals surface area contributed by atoms with Gasteiger partial charge in [-0.15, -0.1) is 0 Å². The number of hydrazone groups is 1. The third-order valence-electron chi connectivity index (χ3n) is 5.35. The Morgan fingerprint density at radius 1 is 0.679 bits per heavy atom. The number of amides is 1. The number of rotatable bonds is 21. The predicted octanol–water partition coefficient (Wildman–Crippen LogP) is 7.28. The van der Waals surface area contributed by atoms with Gasteiger partial charge in [-0.3, -0.25) is 10.0 Å². The van der Waals surface area contributed by atoms with Gasteiger partial charge in [0.05, 0.1) is 0 Å². The average molecular weight is 397 g/mol. The molecular weight excluding hydrogens is 352 g/mol. The van der Waals surface area contributed by atoms with Crippen LogP contribution in [-0.2, 0) is 9.59 Å². The zero-order valence-corrected chi connectivity index (χ0v) is 18.3. The molecule has 0 heterocycles. The molecule has 0 aromatic heterocycles. The van der Waals surface area contributed by atoms with Crippen molar-refractivity contribution in [3.05, 3.63) is 0 Å². The van der Waals surface area contributed by atoms with E-state index in [2.05, 4.69) is 12.0 Å². The van der Waals surface area contributed by atoms with Gasteiger partial charge in [0.2, 0.25) is 0 Å². The van der Waals surface area contributed by atoms with Gasteiger partial charge in [0, 0.05) is 6.42 Å². The van der Waals surface area contributed by atoms with Crippen molar-refractivity contribution >= 4 is 12.0 Å². The van der Waals surface area contributed by atoms with Crippen molar-refractivity contribution in [1.82, 2.24) is 5.17 Å². The minimum absolute atomic E-state index is 0.0850. The van der Waals surface area contributed by atoms with Crippen LogP contribution in [0.2, 0.25) is 0 Å². The first-order chi connectivity index (χ1) is 13.7. The van der Waals surface area contributed by atoms with Crippen molar-refractivity contribution in [2.45, 2.75) is 135 Å². The second kappa shape index (κ2) is 22.1. The highest BCUT2D eigenvalue weighted by Crippen LogP contribution is 2.14. The van der Waals surface area contributed by atoms with Crippen molar-refractivity contribution in [3.63, 3.8) is 0 Å². The van der Waals surface area contributed by atoms with Gasteiger partial charge in [-0.05, 0) is 6.42 Å². The molecule has 0 aliphatic heterocycles. The van der Waals surface area contributed by atoms with Crippen LogP contribution < -0.4 is 0 Å². The fourth-order valence-electron chi connectivity index (χ4n) is 3.55. The van der Waals surface area contributed by atoms with E-state index in [1.54, 1.807) is 0 Å². The molecular formula is C23H44N2O3. The van der Waals surface area contributed by atoms with Crippen LogP contribution in [0.1, 0.15) is 135 Å². The van der Waals surface area contributed by atoms with Crippen molar-refractivity contribution in [3.8, 4) is 0 Å². The van der Waals surface area contributed by atoms with E-state index in [0.29, 0.717) is 0 Å². The van der Waals surface area contributed by atoms with E-state index in [9.17, 15) is 9.59 Å². The van der Waals surface area contributed by atoms with Crippen LogP contribution in [-0.4, -0.2) is 22.4 Å². The Balaban J connectivity index is 3.14. The second-order valence-corrected chi connectivity index (χ2v) is 7.99. The van der Waals surface area contributed by atoms with Crippen LogP contribution in [0.4, 0.5) is 0 Å². The van der Waals surface area contributed by atoms with Gasteiger partial charge < -0.3 is 0 Å². The third-order valence-corrected chi connectivity index (χ3v) is 5.35. The summed E-state index contributed by atoms with van der Waals surface area (Å²) in [7, 11) is 0. The highest BCUT2D eigenvalue weighted by atomic mass is 16.5. The molecule has 0 aliphatic rings. The highest BCUT2D eigenvalue weighted by molar-refractivity contribution is 5.74. The molecule has 0 aliphatic carbocycles. The summed E-state index contributed by atoms with van der Waals surface area (Å²) < 4.78 is 0. The smallest absolute Gasteiger partial charge is 0.269 e. The fourth-order valence-corrected chi connectivity index (χ4v) is 3.55. The summed E-state index contributed by atoms with van der Waals surface area (Å²) in [6.45, 7) is 2.27. The lowest BCUT2D eigenvalue weighted by Crippen LogP contribution is -2.20. The molecule has 0 unspecified atom stereocenters. The highest BCUT2D eigenvalue weighted by Gasteiger charge is 2.08. The van der Waals surface area contributed by atoms with Crippen molar-refractivity contribution in [2.75, 3.05) is 0 Å². The van der Waals surface area contributed by atoms with Crippen molar-refractivity contribution in [1.29, 1.82) is 0 Å². The molecule has 0 radical (unpaired) electrons. The summed E-state index contributed by atoms with van der Waals surface area (Å²) in [5, 5.41) is 12.0. The molecule has 0 aromatic carbocycles. The Labute approximate surface area is 172 Å². The molecule has 5 nitrogen and oxygen atoms in total. The Morgan fingerprint density at radius 3 is 1.32 bits per heavy atom. The van der Waals surface area contributed by atoms with E-state index in [4.69, 9.17) is 5.21 Å². The molecule has 0 aromatic rings. The molecule has 1 amide bonds. The van der Waals surface area contributed by atoms with Crippen molar-refractivity contribution < 1.29 is 14.8 Å². The number of hydroxylamine groups is 1. The predicted molar refractivity (Wildman–Crippen MR) is 115 cm³/mol. The second-order valence-electron chi connectivity index (χ2n) is 7.99. The Hall–Kier alpha value is -1.19. The molecule has 0 fully saturated rings. The monoisotopic (exact) mass is 396 g/mol. The molecule has 0 saturated carbocycles. The summed E-state index contributed by atoms with van der Waals surface area (Å²) in [6, 6.07) is 0. The Bertz CT molecular complexity index is 395. The molecule has 0 spiro atoms. The molecule has 0 rings (SSSR count). The van der Waals surface area contributed by atoms with Gasteiger partial charge >= 0.3 is 0 Å². The van der Waals surface area contributed by atoms with Gasteiger partial charge in [-0.2, -0.15) is 0 Å². The maximum absolute atomic E-state index is 11.3. The van der Waals surface area contributed by atoms with Gasteiger partial charge in [0.1, 0.15) is 0 Å². The van der Waals surface area contributed by atoms with E-state index in [0.717, 1.165) is 25.3 Å². The molecule has 1 N–H and O–H groups in total. The van der Waals surface area contributed by atoms with Crippen LogP contribution in [0.3, 0.4) is 0 Å². The maximum Gasteiger partial charge on any atom is 0.269 e. The lowest BCUT2D eigenvalue weighted by atomic mass is 10.0. The SMILES string of the molecule is CCCCCCCCCCCCCCCCCCCCCC(=O)N(O)N=C=O. The number of unbranched alkanes of at least 4 members (excludes halogenated alkanes) is 18. The summed E-state index contributed by atoms with van der Waals surface area (Å²) in [6.07, 6.45) is 26.2.